The first-order chi connectivity index (χ1) is 5.69. The summed E-state index contributed by atoms with van der Waals surface area (Å²) in [5, 5.41) is 3.16. The molecule has 0 atom stereocenters. The smallest absolute Gasteiger partial charge is 0.119 e. The van der Waals surface area contributed by atoms with E-state index in [9.17, 15) is 0 Å². The average Bonchev–Trinajstić information content (AvgIpc) is 2.03. The minimum atomic E-state index is 0.920. The van der Waals surface area contributed by atoms with Crippen molar-refractivity contribution in [2.45, 2.75) is 13.8 Å². The standard InChI is InChI=1S/C10H15NO/c1-7-5-9(12-4)6-8(2)10(7)11-3/h5-6,11H,1-4H3. The number of hydrogen-bond acceptors (Lipinski definition) is 2. The van der Waals surface area contributed by atoms with E-state index >= 15 is 0 Å². The van der Waals surface area contributed by atoms with Crippen LogP contribution in [0.4, 0.5) is 5.69 Å². The average molecular weight is 165 g/mol. The summed E-state index contributed by atoms with van der Waals surface area (Å²) >= 11 is 0. The summed E-state index contributed by atoms with van der Waals surface area (Å²) in [7, 11) is 3.62. The molecule has 0 amide bonds. The summed E-state index contributed by atoms with van der Waals surface area (Å²) in [6.45, 7) is 4.14. The van der Waals surface area contributed by atoms with E-state index in [0.29, 0.717) is 0 Å². The van der Waals surface area contributed by atoms with Gasteiger partial charge < -0.3 is 10.1 Å². The van der Waals surface area contributed by atoms with Crippen LogP contribution in [0.3, 0.4) is 0 Å². The molecule has 1 N–H and O–H groups in total. The Morgan fingerprint density at radius 2 is 1.67 bits per heavy atom. The van der Waals surface area contributed by atoms with Gasteiger partial charge in [0.15, 0.2) is 0 Å². The molecule has 0 aliphatic carbocycles. The van der Waals surface area contributed by atoms with E-state index in [2.05, 4.69) is 19.2 Å². The first-order valence-corrected chi connectivity index (χ1v) is 4.02. The van der Waals surface area contributed by atoms with Crippen molar-refractivity contribution in [1.29, 1.82) is 0 Å². The van der Waals surface area contributed by atoms with Crippen LogP contribution in [0.5, 0.6) is 5.75 Å². The van der Waals surface area contributed by atoms with Crippen LogP contribution in [-0.4, -0.2) is 14.2 Å². The highest BCUT2D eigenvalue weighted by atomic mass is 16.5. The van der Waals surface area contributed by atoms with E-state index in [-0.39, 0.29) is 0 Å². The molecule has 0 radical (unpaired) electrons. The third-order valence-electron chi connectivity index (χ3n) is 1.99. The monoisotopic (exact) mass is 165 g/mol. The molecule has 0 aromatic heterocycles. The molecular formula is C10H15NO. The molecule has 0 saturated heterocycles. The van der Waals surface area contributed by atoms with Crippen LogP contribution in [0.25, 0.3) is 0 Å². The molecule has 1 rings (SSSR count). The topological polar surface area (TPSA) is 21.3 Å². The molecule has 1 aromatic carbocycles. The molecule has 0 aliphatic heterocycles. The molecule has 0 heterocycles. The zero-order valence-corrected chi connectivity index (χ0v) is 8.06. The van der Waals surface area contributed by atoms with E-state index in [0.717, 1.165) is 5.75 Å². The van der Waals surface area contributed by atoms with Gasteiger partial charge in [-0.1, -0.05) is 0 Å². The minimum absolute atomic E-state index is 0.920. The van der Waals surface area contributed by atoms with E-state index in [4.69, 9.17) is 4.74 Å². The number of ether oxygens (including phenoxy) is 1. The number of benzene rings is 1. The summed E-state index contributed by atoms with van der Waals surface area (Å²) in [6, 6.07) is 4.05. The van der Waals surface area contributed by atoms with Crippen LogP contribution in [0.2, 0.25) is 0 Å². The number of nitrogens with one attached hydrogen (secondary N) is 1. The van der Waals surface area contributed by atoms with Crippen molar-refractivity contribution in [3.05, 3.63) is 23.3 Å². The van der Waals surface area contributed by atoms with Crippen molar-refractivity contribution in [2.75, 3.05) is 19.5 Å². The quantitative estimate of drug-likeness (QED) is 0.726. The van der Waals surface area contributed by atoms with Gasteiger partial charge in [0.05, 0.1) is 7.11 Å². The van der Waals surface area contributed by atoms with Crippen LogP contribution in [0.1, 0.15) is 11.1 Å². The molecule has 2 heteroatoms. The maximum Gasteiger partial charge on any atom is 0.119 e. The largest absolute Gasteiger partial charge is 0.497 e. The van der Waals surface area contributed by atoms with Crippen molar-refractivity contribution in [3.63, 3.8) is 0 Å². The fourth-order valence-corrected chi connectivity index (χ4v) is 1.44. The fourth-order valence-electron chi connectivity index (χ4n) is 1.44. The molecule has 1 aromatic rings. The number of methoxy groups -OCH3 is 1. The van der Waals surface area contributed by atoms with Crippen LogP contribution < -0.4 is 10.1 Å². The van der Waals surface area contributed by atoms with E-state index in [1.165, 1.54) is 16.8 Å². The molecule has 0 unspecified atom stereocenters. The molecule has 66 valence electrons. The maximum absolute atomic E-state index is 5.15. The molecule has 12 heavy (non-hydrogen) atoms. The Hall–Kier alpha value is -1.18. The molecule has 0 bridgehead atoms. The van der Waals surface area contributed by atoms with Crippen molar-refractivity contribution in [3.8, 4) is 5.75 Å². The van der Waals surface area contributed by atoms with E-state index < -0.39 is 0 Å². The number of hydrogen-bond donors (Lipinski definition) is 1. The lowest BCUT2D eigenvalue weighted by atomic mass is 10.1. The van der Waals surface area contributed by atoms with Gasteiger partial charge in [-0.15, -0.1) is 0 Å². The maximum atomic E-state index is 5.15. The normalized spacial score (nSPS) is 9.67. The Morgan fingerprint density at radius 1 is 1.17 bits per heavy atom. The lowest BCUT2D eigenvalue weighted by Crippen LogP contribution is -1.96. The minimum Gasteiger partial charge on any atom is -0.497 e. The van der Waals surface area contributed by atoms with Gasteiger partial charge in [0.25, 0.3) is 0 Å². The SMILES string of the molecule is CNc1c(C)cc(OC)cc1C. The Morgan fingerprint density at radius 3 is 2.00 bits per heavy atom. The summed E-state index contributed by atoms with van der Waals surface area (Å²) in [5.74, 6) is 0.920. The predicted molar refractivity (Wildman–Crippen MR) is 52.0 cm³/mol. The summed E-state index contributed by atoms with van der Waals surface area (Å²) in [5.41, 5.74) is 3.62. The Bertz CT molecular complexity index is 258. The fraction of sp³-hybridized carbons (Fsp3) is 0.400. The zero-order valence-electron chi connectivity index (χ0n) is 8.06. The van der Waals surface area contributed by atoms with Crippen molar-refractivity contribution < 1.29 is 4.74 Å². The first kappa shape index (κ1) is 8.91. The predicted octanol–water partition coefficient (Wildman–Crippen LogP) is 2.35. The highest BCUT2D eigenvalue weighted by Gasteiger charge is 2.02. The van der Waals surface area contributed by atoms with Gasteiger partial charge in [-0.3, -0.25) is 0 Å². The van der Waals surface area contributed by atoms with Crippen LogP contribution in [-0.2, 0) is 0 Å². The second-order valence-electron chi connectivity index (χ2n) is 2.89. The summed E-state index contributed by atoms with van der Waals surface area (Å²) in [6.07, 6.45) is 0. The van der Waals surface area contributed by atoms with Gasteiger partial charge in [-0.2, -0.15) is 0 Å². The highest BCUT2D eigenvalue weighted by molar-refractivity contribution is 5.59. The summed E-state index contributed by atoms with van der Waals surface area (Å²) < 4.78 is 5.15. The second-order valence-corrected chi connectivity index (χ2v) is 2.89. The van der Waals surface area contributed by atoms with Gasteiger partial charge >= 0.3 is 0 Å². The zero-order chi connectivity index (χ0) is 9.14. The Kier molecular flexibility index (Phi) is 2.58. The van der Waals surface area contributed by atoms with Gasteiger partial charge in [-0.05, 0) is 37.1 Å². The number of anilines is 1. The molecule has 0 spiro atoms. The van der Waals surface area contributed by atoms with Gasteiger partial charge in [0, 0.05) is 12.7 Å². The lowest BCUT2D eigenvalue weighted by molar-refractivity contribution is 0.414. The van der Waals surface area contributed by atoms with Gasteiger partial charge in [-0.25, -0.2) is 0 Å². The highest BCUT2D eigenvalue weighted by Crippen LogP contribution is 2.25. The number of aryl methyl sites for hydroxylation is 2. The summed E-state index contributed by atoms with van der Waals surface area (Å²) in [4.78, 5) is 0. The number of rotatable bonds is 2. The molecule has 0 saturated carbocycles. The third-order valence-corrected chi connectivity index (χ3v) is 1.99. The van der Waals surface area contributed by atoms with E-state index in [1.54, 1.807) is 7.11 Å². The molecule has 2 nitrogen and oxygen atoms in total. The van der Waals surface area contributed by atoms with E-state index in [1.807, 2.05) is 19.2 Å². The van der Waals surface area contributed by atoms with Crippen LogP contribution in [0, 0.1) is 13.8 Å². The van der Waals surface area contributed by atoms with Crippen molar-refractivity contribution in [1.82, 2.24) is 0 Å². The first-order valence-electron chi connectivity index (χ1n) is 4.02. The molecular weight excluding hydrogens is 150 g/mol. The van der Waals surface area contributed by atoms with Gasteiger partial charge in [0.1, 0.15) is 5.75 Å². The van der Waals surface area contributed by atoms with Crippen LogP contribution in [0.15, 0.2) is 12.1 Å². The van der Waals surface area contributed by atoms with Gasteiger partial charge in [0.2, 0.25) is 0 Å². The molecule has 0 aliphatic rings. The Balaban J connectivity index is 3.18. The lowest BCUT2D eigenvalue weighted by Gasteiger charge is -2.10. The Labute approximate surface area is 73.6 Å². The van der Waals surface area contributed by atoms with Crippen molar-refractivity contribution in [2.24, 2.45) is 0 Å². The van der Waals surface area contributed by atoms with Crippen LogP contribution >= 0.6 is 0 Å². The molecule has 0 fully saturated rings. The second kappa shape index (κ2) is 3.48. The van der Waals surface area contributed by atoms with Crippen molar-refractivity contribution >= 4 is 5.69 Å². The third kappa shape index (κ3) is 1.52.